The van der Waals surface area contributed by atoms with Gasteiger partial charge in [-0.25, -0.2) is 0 Å². The fourth-order valence-corrected chi connectivity index (χ4v) is 4.69. The van der Waals surface area contributed by atoms with Crippen molar-refractivity contribution in [1.29, 1.82) is 0 Å². The molecule has 0 aliphatic heterocycles. The Kier molecular flexibility index (Phi) is 3.89. The first kappa shape index (κ1) is 16.4. The van der Waals surface area contributed by atoms with Crippen molar-refractivity contribution in [2.75, 3.05) is 5.73 Å². The van der Waals surface area contributed by atoms with Gasteiger partial charge in [0, 0.05) is 11.1 Å². The van der Waals surface area contributed by atoms with Crippen LogP contribution >= 0.6 is 0 Å². The van der Waals surface area contributed by atoms with E-state index in [1.54, 1.807) is 0 Å². The lowest BCUT2D eigenvalue weighted by Gasteiger charge is -2.16. The Balaban J connectivity index is 1.85. The first-order valence-electron chi connectivity index (χ1n) is 10.2. The Hall–Kier alpha value is -2.80. The summed E-state index contributed by atoms with van der Waals surface area (Å²) < 4.78 is 0. The van der Waals surface area contributed by atoms with Crippen molar-refractivity contribution in [3.8, 4) is 0 Å². The zero-order chi connectivity index (χ0) is 18.4. The third-order valence-electron chi connectivity index (χ3n) is 6.01. The number of nitrogen functional groups attached to an aromatic ring is 1. The molecule has 5 rings (SSSR count). The highest BCUT2D eigenvalue weighted by atomic mass is 14.5. The van der Waals surface area contributed by atoms with E-state index in [4.69, 9.17) is 5.73 Å². The van der Waals surface area contributed by atoms with Crippen molar-refractivity contribution >= 4 is 48.8 Å². The molecular weight excluding hydrogens is 326 g/mol. The normalized spacial score (nSPS) is 12.0. The van der Waals surface area contributed by atoms with Gasteiger partial charge in [0.05, 0.1) is 0 Å². The number of fused-ring (bicyclic) bond motifs is 2. The van der Waals surface area contributed by atoms with Gasteiger partial charge in [0.2, 0.25) is 0 Å². The van der Waals surface area contributed by atoms with Crippen molar-refractivity contribution in [2.45, 2.75) is 39.0 Å². The average Bonchev–Trinajstić information content (AvgIpc) is 2.70. The fourth-order valence-electron chi connectivity index (χ4n) is 4.69. The van der Waals surface area contributed by atoms with Gasteiger partial charge >= 0.3 is 0 Å². The summed E-state index contributed by atoms with van der Waals surface area (Å²) in [5.41, 5.74) is 8.73. The molecule has 5 aromatic carbocycles. The van der Waals surface area contributed by atoms with Crippen LogP contribution in [0.1, 0.15) is 38.2 Å². The maximum absolute atomic E-state index is 6.44. The molecule has 0 heterocycles. The number of hydrogen-bond acceptors (Lipinski definition) is 1. The number of anilines is 1. The van der Waals surface area contributed by atoms with Crippen LogP contribution < -0.4 is 5.73 Å². The van der Waals surface area contributed by atoms with Crippen molar-refractivity contribution in [3.05, 3.63) is 66.2 Å². The number of unbranched alkanes of at least 4 members (excludes halogenated alkanes) is 3. The molecular formula is C26H25N. The minimum atomic E-state index is 0.886. The van der Waals surface area contributed by atoms with Gasteiger partial charge < -0.3 is 5.73 Å². The van der Waals surface area contributed by atoms with Crippen LogP contribution in [0, 0.1) is 0 Å². The molecule has 0 amide bonds. The van der Waals surface area contributed by atoms with Gasteiger partial charge in [-0.15, -0.1) is 0 Å². The molecule has 0 unspecified atom stereocenters. The zero-order valence-corrected chi connectivity index (χ0v) is 15.9. The number of rotatable bonds is 5. The minimum Gasteiger partial charge on any atom is -0.398 e. The minimum absolute atomic E-state index is 0.886. The number of nitrogens with two attached hydrogens (primary N) is 1. The van der Waals surface area contributed by atoms with Crippen LogP contribution in [0.4, 0.5) is 5.69 Å². The second-order valence-electron chi connectivity index (χ2n) is 7.79. The molecule has 134 valence electrons. The molecule has 0 radical (unpaired) electrons. The molecule has 0 atom stereocenters. The fraction of sp³-hybridized carbons (Fsp3) is 0.231. The third kappa shape index (κ3) is 2.53. The predicted molar refractivity (Wildman–Crippen MR) is 120 cm³/mol. The number of hydrogen-bond donors (Lipinski definition) is 1. The van der Waals surface area contributed by atoms with Gasteiger partial charge in [-0.1, -0.05) is 74.7 Å². The van der Waals surface area contributed by atoms with Crippen LogP contribution in [0.25, 0.3) is 43.1 Å². The molecule has 0 aliphatic rings. The van der Waals surface area contributed by atoms with Gasteiger partial charge in [-0.05, 0) is 68.2 Å². The average molecular weight is 351 g/mol. The molecule has 27 heavy (non-hydrogen) atoms. The zero-order valence-electron chi connectivity index (χ0n) is 15.9. The summed E-state index contributed by atoms with van der Waals surface area (Å²) in [4.78, 5) is 0. The summed E-state index contributed by atoms with van der Waals surface area (Å²) in [5, 5.41) is 10.6. The third-order valence-corrected chi connectivity index (χ3v) is 6.01. The highest BCUT2D eigenvalue weighted by Gasteiger charge is 2.14. The predicted octanol–water partition coefficient (Wildman–Crippen LogP) is 7.44. The quantitative estimate of drug-likeness (QED) is 0.151. The summed E-state index contributed by atoms with van der Waals surface area (Å²) >= 11 is 0. The maximum atomic E-state index is 6.44. The number of benzene rings is 5. The molecule has 0 aromatic heterocycles. The van der Waals surface area contributed by atoms with E-state index in [1.165, 1.54) is 74.3 Å². The van der Waals surface area contributed by atoms with E-state index in [9.17, 15) is 0 Å². The monoisotopic (exact) mass is 351 g/mol. The van der Waals surface area contributed by atoms with Crippen LogP contribution in [-0.2, 0) is 6.42 Å². The summed E-state index contributed by atoms with van der Waals surface area (Å²) in [5.74, 6) is 0. The van der Waals surface area contributed by atoms with Crippen LogP contribution in [0.5, 0.6) is 0 Å². The molecule has 0 spiro atoms. The van der Waals surface area contributed by atoms with Gasteiger partial charge in [-0.3, -0.25) is 0 Å². The Morgan fingerprint density at radius 2 is 1.37 bits per heavy atom. The summed E-state index contributed by atoms with van der Waals surface area (Å²) in [6, 6.07) is 22.3. The summed E-state index contributed by atoms with van der Waals surface area (Å²) in [6.45, 7) is 2.26. The highest BCUT2D eigenvalue weighted by molar-refractivity contribution is 6.34. The van der Waals surface area contributed by atoms with Crippen molar-refractivity contribution in [1.82, 2.24) is 0 Å². The molecule has 0 saturated carbocycles. The van der Waals surface area contributed by atoms with Gasteiger partial charge in [0.15, 0.2) is 0 Å². The number of aryl methyl sites for hydroxylation is 1. The molecule has 5 aromatic rings. The van der Waals surface area contributed by atoms with Gasteiger partial charge in [-0.2, -0.15) is 0 Å². The second kappa shape index (κ2) is 6.42. The standard InChI is InChI=1S/C26H25N/c1-2-3-4-5-8-17-15-22-20-12-7-10-18-9-6-11-19(25(18)20)21-13-14-24(27)23(16-17)26(21)22/h6-7,9-16H,2-5,8,27H2,1H3. The molecule has 2 N–H and O–H groups in total. The van der Waals surface area contributed by atoms with Crippen molar-refractivity contribution in [3.63, 3.8) is 0 Å². The lowest BCUT2D eigenvalue weighted by atomic mass is 9.87. The van der Waals surface area contributed by atoms with Crippen LogP contribution in [0.2, 0.25) is 0 Å². The molecule has 0 fully saturated rings. The van der Waals surface area contributed by atoms with Crippen LogP contribution in [0.15, 0.2) is 60.7 Å². The first-order valence-corrected chi connectivity index (χ1v) is 10.2. The van der Waals surface area contributed by atoms with E-state index in [1.807, 2.05) is 0 Å². The Labute approximate surface area is 160 Å². The summed E-state index contributed by atoms with van der Waals surface area (Å²) in [7, 11) is 0. The molecule has 1 nitrogen and oxygen atoms in total. The van der Waals surface area contributed by atoms with Crippen molar-refractivity contribution < 1.29 is 0 Å². The SMILES string of the molecule is CCCCCCc1cc2c(N)ccc3c4cccc5cccc(c(c1)c23)c54. The lowest BCUT2D eigenvalue weighted by Crippen LogP contribution is -1.94. The maximum Gasteiger partial charge on any atom is 0.0394 e. The smallest absolute Gasteiger partial charge is 0.0394 e. The molecule has 0 bridgehead atoms. The highest BCUT2D eigenvalue weighted by Crippen LogP contribution is 2.42. The van der Waals surface area contributed by atoms with E-state index >= 15 is 0 Å². The van der Waals surface area contributed by atoms with E-state index in [2.05, 4.69) is 67.6 Å². The second-order valence-corrected chi connectivity index (χ2v) is 7.79. The van der Waals surface area contributed by atoms with E-state index in [0.717, 1.165) is 12.1 Å². The lowest BCUT2D eigenvalue weighted by molar-refractivity contribution is 0.667. The molecule has 0 saturated heterocycles. The van der Waals surface area contributed by atoms with E-state index < -0.39 is 0 Å². The van der Waals surface area contributed by atoms with E-state index in [0.29, 0.717) is 0 Å². The van der Waals surface area contributed by atoms with Gasteiger partial charge in [0.1, 0.15) is 0 Å². The largest absolute Gasteiger partial charge is 0.398 e. The summed E-state index contributed by atoms with van der Waals surface area (Å²) in [6.07, 6.45) is 6.28. The molecule has 0 aliphatic carbocycles. The first-order chi connectivity index (χ1) is 13.3. The van der Waals surface area contributed by atoms with Crippen molar-refractivity contribution in [2.24, 2.45) is 0 Å². The van der Waals surface area contributed by atoms with Gasteiger partial charge in [0.25, 0.3) is 0 Å². The Bertz CT molecular complexity index is 1260. The molecule has 1 heteroatoms. The topological polar surface area (TPSA) is 26.0 Å². The Morgan fingerprint density at radius 3 is 2.15 bits per heavy atom. The van der Waals surface area contributed by atoms with E-state index in [-0.39, 0.29) is 0 Å². The van der Waals surface area contributed by atoms with Crippen LogP contribution in [-0.4, -0.2) is 0 Å². The Morgan fingerprint density at radius 1 is 0.667 bits per heavy atom. The van der Waals surface area contributed by atoms with Crippen LogP contribution in [0.3, 0.4) is 0 Å².